The Bertz CT molecular complexity index is 1430. The number of esters is 2. The van der Waals surface area contributed by atoms with Gasteiger partial charge in [-0.3, -0.25) is 4.79 Å². The van der Waals surface area contributed by atoms with Crippen LogP contribution in [0, 0.1) is 6.92 Å². The van der Waals surface area contributed by atoms with Crippen molar-refractivity contribution >= 4 is 18.1 Å². The van der Waals surface area contributed by atoms with Gasteiger partial charge in [-0.25, -0.2) is 9.59 Å². The molecular formula is C39H50O7. The normalized spacial score (nSPS) is 9.46. The first-order valence-corrected chi connectivity index (χ1v) is 15.6. The van der Waals surface area contributed by atoms with Crippen LogP contribution in [0.3, 0.4) is 0 Å². The fourth-order valence-corrected chi connectivity index (χ4v) is 3.63. The molecular weight excluding hydrogens is 580 g/mol. The topological polar surface area (TPSA) is 88.1 Å². The third kappa shape index (κ3) is 14.2. The molecule has 0 bridgehead atoms. The lowest BCUT2D eigenvalue weighted by atomic mass is 9.78. The van der Waals surface area contributed by atoms with E-state index in [4.69, 9.17) is 14.2 Å². The van der Waals surface area contributed by atoms with Crippen molar-refractivity contribution in [3.05, 3.63) is 125 Å². The average molecular weight is 631 g/mol. The summed E-state index contributed by atoms with van der Waals surface area (Å²) in [6, 6.07) is 30.7. The van der Waals surface area contributed by atoms with Crippen LogP contribution in [0.2, 0.25) is 0 Å². The summed E-state index contributed by atoms with van der Waals surface area (Å²) >= 11 is 0. The smallest absolute Gasteiger partial charge is 0.469 e. The molecule has 0 aliphatic rings. The minimum absolute atomic E-state index is 0.200. The van der Waals surface area contributed by atoms with E-state index in [0.717, 1.165) is 5.56 Å². The molecule has 0 aromatic heterocycles. The van der Waals surface area contributed by atoms with Crippen LogP contribution in [-0.4, -0.2) is 25.2 Å². The summed E-state index contributed by atoms with van der Waals surface area (Å²) in [4.78, 5) is 34.1. The van der Waals surface area contributed by atoms with Crippen molar-refractivity contribution in [2.75, 3.05) is 7.11 Å². The van der Waals surface area contributed by atoms with E-state index in [0.29, 0.717) is 11.3 Å². The second kappa shape index (κ2) is 22.6. The van der Waals surface area contributed by atoms with Gasteiger partial charge in [-0.2, -0.15) is 0 Å². The van der Waals surface area contributed by atoms with Crippen LogP contribution in [0.5, 0.6) is 17.2 Å². The van der Waals surface area contributed by atoms with E-state index in [-0.39, 0.29) is 22.9 Å². The fourth-order valence-electron chi connectivity index (χ4n) is 3.63. The highest BCUT2D eigenvalue weighted by Crippen LogP contribution is 2.32. The summed E-state index contributed by atoms with van der Waals surface area (Å²) in [6.07, 6.45) is -0.887. The second-order valence-electron chi connectivity index (χ2n) is 9.40. The Hall–Kier alpha value is -4.91. The van der Waals surface area contributed by atoms with Gasteiger partial charge in [-0.15, -0.1) is 0 Å². The third-order valence-electron chi connectivity index (χ3n) is 6.06. The zero-order chi connectivity index (χ0) is 35.1. The molecule has 0 saturated carbocycles. The molecule has 0 N–H and O–H groups in total. The fraction of sp³-hybridized carbons (Fsp3) is 0.308. The van der Waals surface area contributed by atoms with E-state index >= 15 is 0 Å². The minimum Gasteiger partial charge on any atom is -0.469 e. The van der Waals surface area contributed by atoms with Gasteiger partial charge in [-0.1, -0.05) is 122 Å². The van der Waals surface area contributed by atoms with E-state index < -0.39 is 12.1 Å². The van der Waals surface area contributed by atoms with Crippen molar-refractivity contribution in [1.29, 1.82) is 0 Å². The van der Waals surface area contributed by atoms with Gasteiger partial charge in [0.2, 0.25) is 0 Å². The summed E-state index contributed by atoms with van der Waals surface area (Å²) in [5.74, 6) is 0.0754. The Labute approximate surface area is 275 Å². The summed E-state index contributed by atoms with van der Waals surface area (Å²) in [7, 11) is 1.35. The first kappa shape index (κ1) is 41.1. The standard InChI is InChI=1S/C30H26O5.C3H6O2.3C2H6/c1-21-12-14-23(15-13-21)30(2,3)24-16-18-25(19-17-24)34-29(32)35-27-11-7-10-26(20-27)33-28(31)22-8-5-4-6-9-22;1-3(4)5-2;3*1-2/h4-20H,1-3H3;1-2H3;3*1-2H3. The number of aryl methyl sites for hydroxylation is 1. The Morgan fingerprint density at radius 2 is 1.00 bits per heavy atom. The van der Waals surface area contributed by atoms with Gasteiger partial charge in [0.15, 0.2) is 0 Å². The Morgan fingerprint density at radius 1 is 0.565 bits per heavy atom. The largest absolute Gasteiger partial charge is 0.519 e. The summed E-state index contributed by atoms with van der Waals surface area (Å²) in [5.41, 5.74) is 3.72. The van der Waals surface area contributed by atoms with Gasteiger partial charge in [0, 0.05) is 18.4 Å². The van der Waals surface area contributed by atoms with Crippen molar-refractivity contribution in [2.45, 2.75) is 74.7 Å². The first-order chi connectivity index (χ1) is 22.1. The maximum absolute atomic E-state index is 12.3. The molecule has 4 rings (SSSR count). The van der Waals surface area contributed by atoms with Crippen LogP contribution < -0.4 is 14.2 Å². The van der Waals surface area contributed by atoms with Crippen LogP contribution in [0.1, 0.15) is 89.4 Å². The monoisotopic (exact) mass is 630 g/mol. The average Bonchev–Trinajstić information content (AvgIpc) is 3.08. The minimum atomic E-state index is -0.887. The van der Waals surface area contributed by atoms with Crippen LogP contribution in [0.4, 0.5) is 4.79 Å². The molecule has 0 unspecified atom stereocenters. The van der Waals surface area contributed by atoms with Crippen molar-refractivity contribution in [2.24, 2.45) is 0 Å². The zero-order valence-corrected chi connectivity index (χ0v) is 29.2. The molecule has 0 saturated heterocycles. The maximum Gasteiger partial charge on any atom is 0.519 e. The molecule has 7 heteroatoms. The first-order valence-electron chi connectivity index (χ1n) is 15.6. The number of ether oxygens (including phenoxy) is 4. The molecule has 4 aromatic carbocycles. The van der Waals surface area contributed by atoms with E-state index in [1.807, 2.05) is 59.7 Å². The molecule has 0 fully saturated rings. The van der Waals surface area contributed by atoms with Gasteiger partial charge in [0.05, 0.1) is 12.7 Å². The van der Waals surface area contributed by atoms with Gasteiger partial charge in [0.25, 0.3) is 0 Å². The second-order valence-corrected chi connectivity index (χ2v) is 9.40. The number of carbonyl (C=O) groups excluding carboxylic acids is 3. The quantitative estimate of drug-likeness (QED) is 0.119. The predicted molar refractivity (Wildman–Crippen MR) is 186 cm³/mol. The van der Waals surface area contributed by atoms with E-state index in [2.05, 4.69) is 49.8 Å². The number of carbonyl (C=O) groups is 3. The lowest BCUT2D eigenvalue weighted by molar-refractivity contribution is -0.137. The number of hydrogen-bond donors (Lipinski definition) is 0. The molecule has 0 aliphatic carbocycles. The van der Waals surface area contributed by atoms with Gasteiger partial charge in [0.1, 0.15) is 17.2 Å². The Kier molecular flexibility index (Phi) is 20.2. The molecule has 4 aromatic rings. The predicted octanol–water partition coefficient (Wildman–Crippen LogP) is 10.4. The van der Waals surface area contributed by atoms with E-state index in [1.165, 1.54) is 31.2 Å². The zero-order valence-electron chi connectivity index (χ0n) is 29.2. The van der Waals surface area contributed by atoms with Crippen molar-refractivity contribution in [3.8, 4) is 17.2 Å². The number of hydrogen-bond acceptors (Lipinski definition) is 7. The van der Waals surface area contributed by atoms with Crippen LogP contribution in [0.15, 0.2) is 103 Å². The molecule has 0 spiro atoms. The molecule has 0 aliphatic heterocycles. The van der Waals surface area contributed by atoms with Crippen LogP contribution in [-0.2, 0) is 14.9 Å². The highest BCUT2D eigenvalue weighted by atomic mass is 16.7. The summed E-state index contributed by atoms with van der Waals surface area (Å²) in [6.45, 7) is 19.7. The van der Waals surface area contributed by atoms with Gasteiger partial charge < -0.3 is 18.9 Å². The summed E-state index contributed by atoms with van der Waals surface area (Å²) < 4.78 is 20.1. The molecule has 0 amide bonds. The van der Waals surface area contributed by atoms with Gasteiger partial charge in [-0.05, 0) is 54.4 Å². The molecule has 248 valence electrons. The van der Waals surface area contributed by atoms with Crippen molar-refractivity contribution in [1.82, 2.24) is 0 Å². The number of benzene rings is 4. The highest BCUT2D eigenvalue weighted by Gasteiger charge is 2.23. The molecule has 7 nitrogen and oxygen atoms in total. The lowest BCUT2D eigenvalue weighted by Gasteiger charge is -2.26. The van der Waals surface area contributed by atoms with Gasteiger partial charge >= 0.3 is 18.1 Å². The van der Waals surface area contributed by atoms with E-state index in [9.17, 15) is 14.4 Å². The highest BCUT2D eigenvalue weighted by molar-refractivity contribution is 5.91. The Morgan fingerprint density at radius 3 is 1.48 bits per heavy atom. The summed E-state index contributed by atoms with van der Waals surface area (Å²) in [5, 5.41) is 0. The van der Waals surface area contributed by atoms with Crippen molar-refractivity contribution < 1.29 is 33.3 Å². The molecule has 0 atom stereocenters. The lowest BCUT2D eigenvalue weighted by Crippen LogP contribution is -2.19. The molecule has 0 radical (unpaired) electrons. The third-order valence-corrected chi connectivity index (χ3v) is 6.06. The van der Waals surface area contributed by atoms with Crippen molar-refractivity contribution in [3.63, 3.8) is 0 Å². The number of rotatable bonds is 6. The van der Waals surface area contributed by atoms with Crippen LogP contribution >= 0.6 is 0 Å². The Balaban J connectivity index is 0.00000163. The van der Waals surface area contributed by atoms with Crippen LogP contribution in [0.25, 0.3) is 0 Å². The molecule has 0 heterocycles. The molecule has 46 heavy (non-hydrogen) atoms. The number of methoxy groups -OCH3 is 1. The van der Waals surface area contributed by atoms with E-state index in [1.54, 1.807) is 54.6 Å². The SMILES string of the molecule is CC.CC.CC.COC(C)=O.Cc1ccc(C(C)(C)c2ccc(OC(=O)Oc3cccc(OC(=O)c4ccccc4)c3)cc2)cc1. The maximum atomic E-state index is 12.3.